The average molecular weight is 454 g/mol. The van der Waals surface area contributed by atoms with E-state index in [9.17, 15) is 23.2 Å². The zero-order chi connectivity index (χ0) is 22.7. The summed E-state index contributed by atoms with van der Waals surface area (Å²) in [6, 6.07) is 15.5. The fourth-order valence-corrected chi connectivity index (χ4v) is 3.68. The van der Waals surface area contributed by atoms with Crippen LogP contribution in [-0.4, -0.2) is 11.0 Å². The second-order valence-corrected chi connectivity index (χ2v) is 7.39. The summed E-state index contributed by atoms with van der Waals surface area (Å²) in [7, 11) is 0. The number of nitrogens with zero attached hydrogens (tertiary/aromatic N) is 2. The van der Waals surface area contributed by atoms with E-state index >= 15 is 0 Å². The van der Waals surface area contributed by atoms with Crippen molar-refractivity contribution in [3.8, 4) is 17.6 Å². The Balaban J connectivity index is 1.45. The van der Waals surface area contributed by atoms with E-state index in [2.05, 4.69) is 21.7 Å². The van der Waals surface area contributed by atoms with Gasteiger partial charge in [-0.1, -0.05) is 6.07 Å². The van der Waals surface area contributed by atoms with Crippen molar-refractivity contribution in [2.45, 2.75) is 6.18 Å². The number of nitriles is 1. The van der Waals surface area contributed by atoms with Crippen LogP contribution in [0.4, 0.5) is 29.3 Å². The average Bonchev–Trinajstić information content (AvgIpc) is 3.22. The smallest absolute Gasteiger partial charge is 0.416 e. The summed E-state index contributed by atoms with van der Waals surface area (Å²) in [5.74, 6) is 0.744. The van der Waals surface area contributed by atoms with Crippen LogP contribution in [0.2, 0.25) is 0 Å². The van der Waals surface area contributed by atoms with E-state index in [0.29, 0.717) is 28.3 Å². The Hall–Kier alpha value is -4.10. The minimum absolute atomic E-state index is 0.208. The Morgan fingerprint density at radius 2 is 1.78 bits per heavy atom. The van der Waals surface area contributed by atoms with Gasteiger partial charge in [0.15, 0.2) is 0 Å². The quantitative estimate of drug-likeness (QED) is 0.363. The number of aromatic nitrogens is 1. The molecule has 0 atom stereocenters. The highest BCUT2D eigenvalue weighted by Crippen LogP contribution is 2.33. The van der Waals surface area contributed by atoms with Crippen molar-refractivity contribution < 1.29 is 22.7 Å². The maximum absolute atomic E-state index is 12.6. The molecule has 160 valence electrons. The predicted octanol–water partition coefficient (Wildman–Crippen LogP) is 6.62. The first kappa shape index (κ1) is 21.1. The van der Waals surface area contributed by atoms with Gasteiger partial charge in [-0.05, 0) is 48.5 Å². The molecular weight excluding hydrogens is 441 g/mol. The summed E-state index contributed by atoms with van der Waals surface area (Å²) in [4.78, 5) is 16.4. The third kappa shape index (κ3) is 4.63. The Bertz CT molecular complexity index is 1330. The maximum Gasteiger partial charge on any atom is 0.416 e. The number of benzene rings is 3. The molecule has 0 aliphatic carbocycles. The van der Waals surface area contributed by atoms with Crippen LogP contribution in [0.5, 0.6) is 11.5 Å². The van der Waals surface area contributed by atoms with Crippen molar-refractivity contribution in [2.75, 3.05) is 10.6 Å². The van der Waals surface area contributed by atoms with Gasteiger partial charge in [-0.3, -0.25) is 0 Å². The highest BCUT2D eigenvalue weighted by molar-refractivity contribution is 7.17. The Morgan fingerprint density at radius 3 is 2.50 bits per heavy atom. The van der Waals surface area contributed by atoms with Crippen molar-refractivity contribution in [2.24, 2.45) is 0 Å². The first-order valence-corrected chi connectivity index (χ1v) is 10.0. The molecule has 0 aliphatic heterocycles. The minimum atomic E-state index is -4.45. The number of rotatable bonds is 4. The lowest BCUT2D eigenvalue weighted by Gasteiger charge is -2.11. The summed E-state index contributed by atoms with van der Waals surface area (Å²) in [6.45, 7) is 0. The van der Waals surface area contributed by atoms with E-state index < -0.39 is 17.8 Å². The van der Waals surface area contributed by atoms with Gasteiger partial charge >= 0.3 is 12.2 Å². The Morgan fingerprint density at radius 1 is 1.03 bits per heavy atom. The van der Waals surface area contributed by atoms with E-state index in [4.69, 9.17) is 4.74 Å². The van der Waals surface area contributed by atoms with E-state index in [-0.39, 0.29) is 5.69 Å². The Kier molecular flexibility index (Phi) is 5.66. The number of carbonyl (C=O) groups is 1. The van der Waals surface area contributed by atoms with Crippen LogP contribution in [0.15, 0.2) is 66.2 Å². The number of hydrogen-bond donors (Lipinski definition) is 2. The number of ether oxygens (including phenoxy) is 1. The fraction of sp³-hybridized carbons (Fsp3) is 0.0455. The number of fused-ring (bicyclic) bond motifs is 1. The van der Waals surface area contributed by atoms with E-state index in [0.717, 1.165) is 16.8 Å². The van der Waals surface area contributed by atoms with Crippen LogP contribution >= 0.6 is 11.3 Å². The van der Waals surface area contributed by atoms with Gasteiger partial charge in [0.1, 0.15) is 23.1 Å². The fourth-order valence-electron chi connectivity index (χ4n) is 2.90. The highest BCUT2D eigenvalue weighted by atomic mass is 32.1. The van der Waals surface area contributed by atoms with Gasteiger partial charge in [-0.25, -0.2) is 9.78 Å². The molecular formula is C22H13F3N4O2S. The number of halogens is 3. The lowest BCUT2D eigenvalue weighted by molar-refractivity contribution is -0.137. The number of urea groups is 1. The summed E-state index contributed by atoms with van der Waals surface area (Å²) in [5.41, 5.74) is 2.51. The highest BCUT2D eigenvalue weighted by Gasteiger charge is 2.30. The lowest BCUT2D eigenvalue weighted by Crippen LogP contribution is -2.19. The van der Waals surface area contributed by atoms with Crippen LogP contribution in [0, 0.1) is 11.3 Å². The number of hydrogen-bond acceptors (Lipinski definition) is 5. The third-order valence-electron chi connectivity index (χ3n) is 4.36. The van der Waals surface area contributed by atoms with Crippen LogP contribution in [0.3, 0.4) is 0 Å². The first-order chi connectivity index (χ1) is 15.3. The summed E-state index contributed by atoms with van der Waals surface area (Å²) < 4.78 is 44.5. The molecule has 0 aliphatic rings. The molecule has 32 heavy (non-hydrogen) atoms. The first-order valence-electron chi connectivity index (χ1n) is 9.13. The number of alkyl halides is 3. The van der Waals surface area contributed by atoms with Crippen LogP contribution in [0.1, 0.15) is 11.1 Å². The number of nitrogens with one attached hydrogen (secondary N) is 2. The normalized spacial score (nSPS) is 11.1. The van der Waals surface area contributed by atoms with Gasteiger partial charge in [0, 0.05) is 17.4 Å². The molecule has 1 aromatic heterocycles. The van der Waals surface area contributed by atoms with Gasteiger partial charge in [0.05, 0.1) is 21.3 Å². The third-order valence-corrected chi connectivity index (χ3v) is 5.22. The molecule has 3 aromatic carbocycles. The molecule has 0 unspecified atom stereocenters. The van der Waals surface area contributed by atoms with Crippen molar-refractivity contribution in [3.63, 3.8) is 0 Å². The molecule has 0 bridgehead atoms. The molecule has 0 fully saturated rings. The summed E-state index contributed by atoms with van der Waals surface area (Å²) in [5, 5.41) is 14.6. The van der Waals surface area contributed by atoms with Crippen LogP contribution < -0.4 is 15.4 Å². The molecule has 2 amide bonds. The summed E-state index contributed by atoms with van der Waals surface area (Å²) in [6.07, 6.45) is -4.45. The van der Waals surface area contributed by atoms with Gasteiger partial charge in [-0.15, -0.1) is 11.3 Å². The van der Waals surface area contributed by atoms with Crippen molar-refractivity contribution in [1.29, 1.82) is 5.26 Å². The maximum atomic E-state index is 12.6. The number of amides is 2. The van der Waals surface area contributed by atoms with Crippen molar-refractivity contribution >= 4 is 39.0 Å². The zero-order valence-electron chi connectivity index (χ0n) is 16.1. The van der Waals surface area contributed by atoms with Crippen LogP contribution in [0.25, 0.3) is 10.2 Å². The molecule has 10 heteroatoms. The second kappa shape index (κ2) is 8.56. The van der Waals surface area contributed by atoms with Crippen molar-refractivity contribution in [1.82, 2.24) is 4.98 Å². The van der Waals surface area contributed by atoms with Crippen molar-refractivity contribution in [3.05, 3.63) is 77.3 Å². The van der Waals surface area contributed by atoms with Crippen LogP contribution in [-0.2, 0) is 6.18 Å². The molecule has 4 aromatic rings. The standard InChI is InChI=1S/C22H13F3N4O2S/c23-22(24,25)13-4-6-14(7-5-13)28-21(30)29-15-2-1-3-16(10-15)31-19-9-8-18-20(17(19)11-26)32-12-27-18/h1-10,12H,(H2,28,29,30). The lowest BCUT2D eigenvalue weighted by atomic mass is 10.2. The molecule has 4 rings (SSSR count). The number of carbonyl (C=O) groups excluding carboxylic acids is 1. The molecule has 0 spiro atoms. The Labute approximate surface area is 183 Å². The van der Waals surface area contributed by atoms with Gasteiger partial charge in [-0.2, -0.15) is 18.4 Å². The van der Waals surface area contributed by atoms with Gasteiger partial charge < -0.3 is 15.4 Å². The largest absolute Gasteiger partial charge is 0.456 e. The topological polar surface area (TPSA) is 87.0 Å². The SMILES string of the molecule is N#Cc1c(Oc2cccc(NC(=O)Nc3ccc(C(F)(F)F)cc3)c2)ccc2ncsc12. The van der Waals surface area contributed by atoms with E-state index in [1.807, 2.05) is 0 Å². The molecule has 0 saturated heterocycles. The second-order valence-electron chi connectivity index (χ2n) is 6.54. The van der Waals surface area contributed by atoms with E-state index in [1.54, 1.807) is 41.9 Å². The van der Waals surface area contributed by atoms with Gasteiger partial charge in [0.2, 0.25) is 0 Å². The van der Waals surface area contributed by atoms with E-state index in [1.165, 1.54) is 23.5 Å². The molecule has 6 nitrogen and oxygen atoms in total. The molecule has 2 N–H and O–H groups in total. The van der Waals surface area contributed by atoms with Gasteiger partial charge in [0.25, 0.3) is 0 Å². The minimum Gasteiger partial charge on any atom is -0.456 e. The predicted molar refractivity (Wildman–Crippen MR) is 115 cm³/mol. The number of thiazole rings is 1. The monoisotopic (exact) mass is 454 g/mol. The number of anilines is 2. The summed E-state index contributed by atoms with van der Waals surface area (Å²) >= 11 is 1.34. The molecule has 0 saturated carbocycles. The molecule has 1 heterocycles. The zero-order valence-corrected chi connectivity index (χ0v) is 16.9. The molecule has 0 radical (unpaired) electrons.